The normalized spacial score (nSPS) is 11.9. The van der Waals surface area contributed by atoms with E-state index in [9.17, 15) is 4.79 Å². The number of hydrogen-bond acceptors (Lipinski definition) is 2. The summed E-state index contributed by atoms with van der Waals surface area (Å²) in [6.45, 7) is 3.95. The molecule has 0 saturated heterocycles. The van der Waals surface area contributed by atoms with Crippen LogP contribution in [0.3, 0.4) is 0 Å². The van der Waals surface area contributed by atoms with E-state index in [0.717, 1.165) is 10.6 Å². The highest BCUT2D eigenvalue weighted by Gasteiger charge is 2.14. The fourth-order valence-corrected chi connectivity index (χ4v) is 2.53. The molecule has 0 aliphatic rings. The third-order valence-corrected chi connectivity index (χ3v) is 3.86. The Morgan fingerprint density at radius 1 is 1.05 bits per heavy atom. The van der Waals surface area contributed by atoms with Crippen molar-refractivity contribution < 1.29 is 4.79 Å². The number of hydrogen-bond donors (Lipinski definition) is 1. The molecule has 1 N–H and O–H groups in total. The van der Waals surface area contributed by atoms with Crippen LogP contribution in [0.2, 0.25) is 0 Å². The molecular formula is C16H17NOS. The lowest BCUT2D eigenvalue weighted by atomic mass is 10.2. The first-order valence-corrected chi connectivity index (χ1v) is 7.12. The molecule has 98 valence electrons. The summed E-state index contributed by atoms with van der Waals surface area (Å²) in [6.07, 6.45) is 0. The van der Waals surface area contributed by atoms with E-state index in [1.807, 2.05) is 68.4 Å². The molecule has 2 aromatic rings. The number of anilines is 1. The van der Waals surface area contributed by atoms with Gasteiger partial charge in [-0.1, -0.05) is 35.9 Å². The molecule has 0 aromatic heterocycles. The van der Waals surface area contributed by atoms with E-state index < -0.39 is 0 Å². The van der Waals surface area contributed by atoms with Crippen LogP contribution in [0.4, 0.5) is 5.69 Å². The van der Waals surface area contributed by atoms with Gasteiger partial charge in [-0.3, -0.25) is 4.79 Å². The molecule has 0 aliphatic carbocycles. The lowest BCUT2D eigenvalue weighted by molar-refractivity contribution is -0.115. The maximum atomic E-state index is 12.1. The van der Waals surface area contributed by atoms with Crippen LogP contribution >= 0.6 is 11.8 Å². The molecule has 1 amide bonds. The molecule has 3 heteroatoms. The summed E-state index contributed by atoms with van der Waals surface area (Å²) in [5.41, 5.74) is 2.03. The van der Waals surface area contributed by atoms with Crippen molar-refractivity contribution in [1.82, 2.24) is 0 Å². The molecule has 1 atom stereocenters. The molecule has 0 fully saturated rings. The van der Waals surface area contributed by atoms with Gasteiger partial charge in [0.05, 0.1) is 5.25 Å². The first kappa shape index (κ1) is 13.7. The van der Waals surface area contributed by atoms with Crippen LogP contribution in [0.25, 0.3) is 0 Å². The summed E-state index contributed by atoms with van der Waals surface area (Å²) in [5, 5.41) is 2.81. The van der Waals surface area contributed by atoms with Crippen LogP contribution in [-0.4, -0.2) is 11.2 Å². The molecule has 0 spiro atoms. The second kappa shape index (κ2) is 6.43. The van der Waals surface area contributed by atoms with Crippen molar-refractivity contribution in [1.29, 1.82) is 0 Å². The summed E-state index contributed by atoms with van der Waals surface area (Å²) in [5.74, 6) is 0.0257. The molecule has 0 heterocycles. The Labute approximate surface area is 118 Å². The Morgan fingerprint density at radius 3 is 2.32 bits per heavy atom. The van der Waals surface area contributed by atoms with Crippen molar-refractivity contribution in [3.63, 3.8) is 0 Å². The quantitative estimate of drug-likeness (QED) is 0.848. The van der Waals surface area contributed by atoms with Gasteiger partial charge in [0, 0.05) is 10.6 Å². The largest absolute Gasteiger partial charge is 0.325 e. The van der Waals surface area contributed by atoms with Crippen molar-refractivity contribution in [2.24, 2.45) is 0 Å². The Bertz CT molecular complexity index is 536. The van der Waals surface area contributed by atoms with Crippen molar-refractivity contribution >= 4 is 23.4 Å². The molecule has 0 unspecified atom stereocenters. The van der Waals surface area contributed by atoms with Crippen molar-refractivity contribution in [2.45, 2.75) is 24.0 Å². The summed E-state index contributed by atoms with van der Waals surface area (Å²) in [6, 6.07) is 17.8. The third-order valence-electron chi connectivity index (χ3n) is 2.74. The topological polar surface area (TPSA) is 29.1 Å². The zero-order valence-electron chi connectivity index (χ0n) is 11.1. The molecule has 0 saturated carbocycles. The number of carbonyl (C=O) groups is 1. The maximum Gasteiger partial charge on any atom is 0.237 e. The van der Waals surface area contributed by atoms with Crippen LogP contribution in [0.15, 0.2) is 59.5 Å². The fraction of sp³-hybridized carbons (Fsp3) is 0.188. The van der Waals surface area contributed by atoms with E-state index in [-0.39, 0.29) is 11.2 Å². The number of nitrogens with one attached hydrogen (secondary N) is 1. The third kappa shape index (κ3) is 4.14. The van der Waals surface area contributed by atoms with Gasteiger partial charge in [-0.2, -0.15) is 0 Å². The summed E-state index contributed by atoms with van der Waals surface area (Å²) < 4.78 is 0. The van der Waals surface area contributed by atoms with E-state index in [1.165, 1.54) is 5.56 Å². The van der Waals surface area contributed by atoms with E-state index >= 15 is 0 Å². The number of carbonyl (C=O) groups excluding carboxylic acids is 1. The predicted molar refractivity (Wildman–Crippen MR) is 81.6 cm³/mol. The summed E-state index contributed by atoms with van der Waals surface area (Å²) >= 11 is 1.56. The van der Waals surface area contributed by atoms with Crippen LogP contribution in [-0.2, 0) is 4.79 Å². The smallest absolute Gasteiger partial charge is 0.237 e. The minimum absolute atomic E-state index is 0.0257. The molecule has 2 rings (SSSR count). The summed E-state index contributed by atoms with van der Waals surface area (Å²) in [7, 11) is 0. The zero-order chi connectivity index (χ0) is 13.7. The highest BCUT2D eigenvalue weighted by atomic mass is 32.2. The Balaban J connectivity index is 1.94. The zero-order valence-corrected chi connectivity index (χ0v) is 11.9. The van der Waals surface area contributed by atoms with Gasteiger partial charge in [-0.05, 0) is 38.1 Å². The molecule has 2 aromatic carbocycles. The maximum absolute atomic E-state index is 12.1. The minimum atomic E-state index is -0.122. The highest BCUT2D eigenvalue weighted by Crippen LogP contribution is 2.23. The average Bonchev–Trinajstić information content (AvgIpc) is 2.42. The molecule has 0 aliphatic heterocycles. The van der Waals surface area contributed by atoms with Gasteiger partial charge in [-0.25, -0.2) is 0 Å². The Morgan fingerprint density at radius 2 is 1.68 bits per heavy atom. The first-order chi connectivity index (χ1) is 9.15. The van der Waals surface area contributed by atoms with Crippen LogP contribution in [0.5, 0.6) is 0 Å². The molecule has 0 bridgehead atoms. The van der Waals surface area contributed by atoms with Gasteiger partial charge in [0.15, 0.2) is 0 Å². The van der Waals surface area contributed by atoms with Gasteiger partial charge in [0.25, 0.3) is 0 Å². The number of benzene rings is 2. The van der Waals surface area contributed by atoms with Gasteiger partial charge in [0.1, 0.15) is 0 Å². The lowest BCUT2D eigenvalue weighted by Gasteiger charge is -2.12. The minimum Gasteiger partial charge on any atom is -0.325 e. The lowest BCUT2D eigenvalue weighted by Crippen LogP contribution is -2.22. The second-order valence-corrected chi connectivity index (χ2v) is 5.84. The Hall–Kier alpha value is -1.74. The van der Waals surface area contributed by atoms with Crippen LogP contribution < -0.4 is 5.32 Å². The average molecular weight is 271 g/mol. The number of aryl methyl sites for hydroxylation is 1. The SMILES string of the molecule is Cc1ccc(NC(=O)[C@H](C)Sc2ccccc2)cc1. The van der Waals surface area contributed by atoms with Gasteiger partial charge < -0.3 is 5.32 Å². The van der Waals surface area contributed by atoms with E-state index in [4.69, 9.17) is 0 Å². The number of rotatable bonds is 4. The van der Waals surface area contributed by atoms with E-state index in [0.29, 0.717) is 0 Å². The molecular weight excluding hydrogens is 254 g/mol. The van der Waals surface area contributed by atoms with E-state index in [2.05, 4.69) is 5.32 Å². The standard InChI is InChI=1S/C16H17NOS/c1-12-8-10-14(11-9-12)17-16(18)13(2)19-15-6-4-3-5-7-15/h3-11,13H,1-2H3,(H,17,18)/t13-/m0/s1. The van der Waals surface area contributed by atoms with E-state index in [1.54, 1.807) is 11.8 Å². The second-order valence-electron chi connectivity index (χ2n) is 4.43. The van der Waals surface area contributed by atoms with Crippen molar-refractivity contribution in [2.75, 3.05) is 5.32 Å². The summed E-state index contributed by atoms with van der Waals surface area (Å²) in [4.78, 5) is 13.2. The molecule has 0 radical (unpaired) electrons. The van der Waals surface area contributed by atoms with Crippen molar-refractivity contribution in [3.8, 4) is 0 Å². The van der Waals surface area contributed by atoms with Crippen LogP contribution in [0, 0.1) is 6.92 Å². The predicted octanol–water partition coefficient (Wildman–Crippen LogP) is 4.11. The molecule has 2 nitrogen and oxygen atoms in total. The monoisotopic (exact) mass is 271 g/mol. The van der Waals surface area contributed by atoms with Gasteiger partial charge in [0.2, 0.25) is 5.91 Å². The highest BCUT2D eigenvalue weighted by molar-refractivity contribution is 8.00. The number of amides is 1. The molecule has 19 heavy (non-hydrogen) atoms. The Kier molecular flexibility index (Phi) is 4.63. The first-order valence-electron chi connectivity index (χ1n) is 6.24. The van der Waals surface area contributed by atoms with Crippen molar-refractivity contribution in [3.05, 3.63) is 60.2 Å². The van der Waals surface area contributed by atoms with Gasteiger partial charge >= 0.3 is 0 Å². The fourth-order valence-electron chi connectivity index (χ4n) is 1.64. The number of thioether (sulfide) groups is 1. The van der Waals surface area contributed by atoms with Crippen LogP contribution in [0.1, 0.15) is 12.5 Å². The van der Waals surface area contributed by atoms with Gasteiger partial charge in [-0.15, -0.1) is 11.8 Å².